The van der Waals surface area contributed by atoms with Crippen LogP contribution >= 0.6 is 0 Å². The number of hydrogen-bond acceptors (Lipinski definition) is 2. The Morgan fingerprint density at radius 3 is 2.67 bits per heavy atom. The van der Waals surface area contributed by atoms with Gasteiger partial charge in [0.05, 0.1) is 6.07 Å². The summed E-state index contributed by atoms with van der Waals surface area (Å²) in [6, 6.07) is 1.83. The van der Waals surface area contributed by atoms with Crippen molar-refractivity contribution in [1.82, 2.24) is 0 Å². The van der Waals surface area contributed by atoms with Crippen LogP contribution in [0.4, 0.5) is 0 Å². The molecule has 0 aliphatic carbocycles. The minimum Gasteiger partial charge on any atom is -0.298 e. The maximum absolute atomic E-state index is 10.7. The average molecular weight is 123 g/mol. The van der Waals surface area contributed by atoms with E-state index in [-0.39, 0.29) is 5.78 Å². The highest BCUT2D eigenvalue weighted by Crippen LogP contribution is 1.99. The summed E-state index contributed by atoms with van der Waals surface area (Å²) >= 11 is 0. The van der Waals surface area contributed by atoms with Crippen molar-refractivity contribution in [1.29, 1.82) is 5.26 Å². The zero-order valence-corrected chi connectivity index (χ0v) is 5.42. The van der Waals surface area contributed by atoms with E-state index in [1.807, 2.05) is 6.07 Å². The van der Waals surface area contributed by atoms with Gasteiger partial charge in [-0.05, 0) is 0 Å². The number of ketones is 1. The summed E-state index contributed by atoms with van der Waals surface area (Å²) < 4.78 is 0. The van der Waals surface area contributed by atoms with E-state index in [2.05, 4.69) is 6.58 Å². The molecule has 0 spiro atoms. The molecule has 0 N–H and O–H groups in total. The van der Waals surface area contributed by atoms with Crippen LogP contribution in [0.15, 0.2) is 12.7 Å². The number of allylic oxidation sites excluding steroid dienone is 1. The van der Waals surface area contributed by atoms with Crippen LogP contribution in [0.3, 0.4) is 0 Å². The van der Waals surface area contributed by atoms with Crippen molar-refractivity contribution < 1.29 is 4.79 Å². The molecule has 2 nitrogen and oxygen atoms in total. The number of carbonyl (C=O) groups is 1. The van der Waals surface area contributed by atoms with E-state index in [1.165, 1.54) is 6.08 Å². The highest BCUT2D eigenvalue weighted by Gasteiger charge is 2.09. The van der Waals surface area contributed by atoms with Gasteiger partial charge in [0.25, 0.3) is 0 Å². The second-order valence-corrected chi connectivity index (χ2v) is 1.66. The Kier molecular flexibility index (Phi) is 3.38. The molecular weight excluding hydrogens is 114 g/mol. The standard InChI is InChI=1S/C7H9NO/c1-3-6(5-8)7(9)4-2/h3,6H,1,4H2,2H3. The number of nitriles is 1. The summed E-state index contributed by atoms with van der Waals surface area (Å²) in [7, 11) is 0. The van der Waals surface area contributed by atoms with Crippen LogP contribution in [-0.4, -0.2) is 5.78 Å². The van der Waals surface area contributed by atoms with Gasteiger partial charge in [-0.1, -0.05) is 13.0 Å². The first-order valence-electron chi connectivity index (χ1n) is 2.81. The lowest BCUT2D eigenvalue weighted by atomic mass is 10.1. The third-order valence-electron chi connectivity index (χ3n) is 1.07. The van der Waals surface area contributed by atoms with Crippen LogP contribution in [0.25, 0.3) is 0 Å². The van der Waals surface area contributed by atoms with Crippen molar-refractivity contribution in [2.75, 3.05) is 0 Å². The Balaban J connectivity index is 3.99. The quantitative estimate of drug-likeness (QED) is 0.530. The van der Waals surface area contributed by atoms with Gasteiger partial charge in [-0.15, -0.1) is 6.58 Å². The lowest BCUT2D eigenvalue weighted by Gasteiger charge is -1.95. The Morgan fingerprint density at radius 2 is 2.56 bits per heavy atom. The molecule has 0 aliphatic rings. The summed E-state index contributed by atoms with van der Waals surface area (Å²) in [6.45, 7) is 5.09. The topological polar surface area (TPSA) is 40.9 Å². The summed E-state index contributed by atoms with van der Waals surface area (Å²) in [5.74, 6) is -0.664. The molecule has 1 unspecified atom stereocenters. The van der Waals surface area contributed by atoms with Crippen molar-refractivity contribution in [2.24, 2.45) is 5.92 Å². The molecule has 9 heavy (non-hydrogen) atoms. The molecule has 0 aliphatic heterocycles. The average Bonchev–Trinajstić information content (AvgIpc) is 1.90. The van der Waals surface area contributed by atoms with Crippen LogP contribution in [-0.2, 0) is 4.79 Å². The number of hydrogen-bond donors (Lipinski definition) is 0. The third kappa shape index (κ3) is 2.09. The van der Waals surface area contributed by atoms with E-state index in [0.29, 0.717) is 6.42 Å². The van der Waals surface area contributed by atoms with Gasteiger partial charge >= 0.3 is 0 Å². The Labute approximate surface area is 54.8 Å². The summed E-state index contributed by atoms with van der Waals surface area (Å²) in [5.41, 5.74) is 0. The molecule has 0 saturated carbocycles. The first-order chi connectivity index (χ1) is 4.26. The van der Waals surface area contributed by atoms with E-state index in [4.69, 9.17) is 5.26 Å². The first kappa shape index (κ1) is 7.90. The van der Waals surface area contributed by atoms with E-state index >= 15 is 0 Å². The maximum atomic E-state index is 10.7. The minimum absolute atomic E-state index is 0.0625. The Morgan fingerprint density at radius 1 is 2.00 bits per heavy atom. The monoisotopic (exact) mass is 123 g/mol. The van der Waals surface area contributed by atoms with Crippen LogP contribution < -0.4 is 0 Å². The van der Waals surface area contributed by atoms with Crippen molar-refractivity contribution in [3.8, 4) is 6.07 Å². The largest absolute Gasteiger partial charge is 0.298 e. The molecule has 0 amide bonds. The molecule has 0 heterocycles. The maximum Gasteiger partial charge on any atom is 0.153 e. The fourth-order valence-corrected chi connectivity index (χ4v) is 0.476. The minimum atomic E-state index is -0.602. The summed E-state index contributed by atoms with van der Waals surface area (Å²) in [6.07, 6.45) is 1.77. The van der Waals surface area contributed by atoms with E-state index < -0.39 is 5.92 Å². The number of carbonyl (C=O) groups excluding carboxylic acids is 1. The number of rotatable bonds is 3. The first-order valence-corrected chi connectivity index (χ1v) is 2.81. The smallest absolute Gasteiger partial charge is 0.153 e. The molecule has 0 rings (SSSR count). The lowest BCUT2D eigenvalue weighted by molar-refractivity contribution is -0.119. The Hall–Kier alpha value is -1.10. The second-order valence-electron chi connectivity index (χ2n) is 1.66. The van der Waals surface area contributed by atoms with Gasteiger partial charge < -0.3 is 0 Å². The van der Waals surface area contributed by atoms with Crippen LogP contribution in [0.5, 0.6) is 0 Å². The molecular formula is C7H9NO. The number of Topliss-reactive ketones (excluding diaryl/α,β-unsaturated/α-hetero) is 1. The van der Waals surface area contributed by atoms with Crippen molar-refractivity contribution in [3.05, 3.63) is 12.7 Å². The lowest BCUT2D eigenvalue weighted by Crippen LogP contribution is -2.07. The fourth-order valence-electron chi connectivity index (χ4n) is 0.476. The van der Waals surface area contributed by atoms with Gasteiger partial charge in [0, 0.05) is 6.42 Å². The fraction of sp³-hybridized carbons (Fsp3) is 0.429. The molecule has 1 atom stereocenters. The van der Waals surface area contributed by atoms with E-state index in [1.54, 1.807) is 6.92 Å². The predicted molar refractivity (Wildman–Crippen MR) is 34.6 cm³/mol. The van der Waals surface area contributed by atoms with Crippen LogP contribution in [0.2, 0.25) is 0 Å². The van der Waals surface area contributed by atoms with Gasteiger partial charge in [0.1, 0.15) is 5.92 Å². The van der Waals surface area contributed by atoms with Gasteiger partial charge in [-0.3, -0.25) is 4.79 Å². The SMILES string of the molecule is C=CC(C#N)C(=O)CC. The normalized spacial score (nSPS) is 11.6. The zero-order valence-electron chi connectivity index (χ0n) is 5.42. The molecule has 0 bridgehead atoms. The predicted octanol–water partition coefficient (Wildman–Crippen LogP) is 1.29. The van der Waals surface area contributed by atoms with Gasteiger partial charge in [-0.2, -0.15) is 5.26 Å². The zero-order chi connectivity index (χ0) is 7.28. The molecule has 0 fully saturated rings. The van der Waals surface area contributed by atoms with Gasteiger partial charge in [0.15, 0.2) is 5.78 Å². The van der Waals surface area contributed by atoms with Gasteiger partial charge in [0.2, 0.25) is 0 Å². The van der Waals surface area contributed by atoms with Crippen molar-refractivity contribution >= 4 is 5.78 Å². The third-order valence-corrected chi connectivity index (χ3v) is 1.07. The molecule has 0 aromatic carbocycles. The highest BCUT2D eigenvalue weighted by molar-refractivity contribution is 5.84. The van der Waals surface area contributed by atoms with E-state index in [0.717, 1.165) is 0 Å². The number of nitrogens with zero attached hydrogens (tertiary/aromatic N) is 1. The second kappa shape index (κ2) is 3.85. The van der Waals surface area contributed by atoms with Gasteiger partial charge in [-0.25, -0.2) is 0 Å². The van der Waals surface area contributed by atoms with Crippen LogP contribution in [0, 0.1) is 17.2 Å². The molecule has 0 aromatic rings. The molecule has 0 radical (unpaired) electrons. The molecule has 48 valence electrons. The van der Waals surface area contributed by atoms with Crippen LogP contribution in [0.1, 0.15) is 13.3 Å². The summed E-state index contributed by atoms with van der Waals surface area (Å²) in [4.78, 5) is 10.7. The van der Waals surface area contributed by atoms with Crippen molar-refractivity contribution in [3.63, 3.8) is 0 Å². The highest BCUT2D eigenvalue weighted by atomic mass is 16.1. The van der Waals surface area contributed by atoms with Crippen molar-refractivity contribution in [2.45, 2.75) is 13.3 Å². The Bertz CT molecular complexity index is 155. The molecule has 2 heteroatoms. The molecule has 0 saturated heterocycles. The van der Waals surface area contributed by atoms with E-state index in [9.17, 15) is 4.79 Å². The molecule has 0 aromatic heterocycles. The summed E-state index contributed by atoms with van der Waals surface area (Å²) in [5, 5.41) is 8.29.